The summed E-state index contributed by atoms with van der Waals surface area (Å²) in [6.45, 7) is 10.5. The Morgan fingerprint density at radius 3 is 2.71 bits per heavy atom. The third kappa shape index (κ3) is 6.86. The van der Waals surface area contributed by atoms with Crippen LogP contribution < -0.4 is 10.5 Å². The van der Waals surface area contributed by atoms with Crippen molar-refractivity contribution in [3.8, 4) is 5.75 Å². The number of hydrogen-bond acceptors (Lipinski definition) is 6. The molecule has 162 valence electrons. The van der Waals surface area contributed by atoms with E-state index >= 15 is 0 Å². The summed E-state index contributed by atoms with van der Waals surface area (Å²) in [5.74, 6) is 0.147. The van der Waals surface area contributed by atoms with E-state index in [4.69, 9.17) is 10.5 Å². The number of aromatic nitrogens is 3. The number of pyridine rings is 1. The normalized spacial score (nSPS) is 11.3. The fraction of sp³-hybridized carbons (Fsp3) is 0.250. The summed E-state index contributed by atoms with van der Waals surface area (Å²) in [4.78, 5) is 24.1. The highest BCUT2D eigenvalue weighted by Crippen LogP contribution is 2.31. The number of carbonyl (C=O) groups excluding carboxylic acids is 1. The second-order valence-corrected chi connectivity index (χ2v) is 7.43. The van der Waals surface area contributed by atoms with Gasteiger partial charge in [0.25, 0.3) is 5.91 Å². The summed E-state index contributed by atoms with van der Waals surface area (Å²) in [5.41, 5.74) is 8.70. The van der Waals surface area contributed by atoms with Crippen molar-refractivity contribution in [3.05, 3.63) is 77.9 Å². The molecule has 0 fully saturated rings. The van der Waals surface area contributed by atoms with Crippen LogP contribution in [-0.2, 0) is 0 Å². The monoisotopic (exact) mass is 436 g/mol. The fourth-order valence-electron chi connectivity index (χ4n) is 2.70. The summed E-state index contributed by atoms with van der Waals surface area (Å²) < 4.78 is 5.37. The molecule has 0 unspecified atom stereocenters. The number of amides is 1. The van der Waals surface area contributed by atoms with Crippen molar-refractivity contribution in [2.45, 2.75) is 33.6 Å². The topological polar surface area (TPSA) is 91.0 Å². The molecule has 0 saturated carbocycles. The van der Waals surface area contributed by atoms with Crippen LogP contribution in [-0.4, -0.2) is 27.5 Å². The van der Waals surface area contributed by atoms with Gasteiger partial charge in [-0.2, -0.15) is 0 Å². The smallest absolute Gasteiger partial charge is 0.267 e. The molecule has 3 rings (SSSR count). The summed E-state index contributed by atoms with van der Waals surface area (Å²) in [5, 5.41) is 3.29. The standard InChI is InChI=1S/C14H14N2S.C10H14N2O2/c1-4-6-7-11(5-2)12-8-17-14-13(12)10(3)15-9-16-14;1-2-3-6-14-8-4-5-9(10(11)13)12-7-8/h4-9H,1H2,2-3H3;4-5,7H,2-3,6H2,1H3,(H2,11,13)/b7-6-,11-5+;. The molecule has 6 nitrogen and oxygen atoms in total. The van der Waals surface area contributed by atoms with Crippen molar-refractivity contribution < 1.29 is 9.53 Å². The van der Waals surface area contributed by atoms with E-state index in [-0.39, 0.29) is 5.69 Å². The number of thiophene rings is 1. The van der Waals surface area contributed by atoms with Gasteiger partial charge in [0.05, 0.1) is 12.8 Å². The highest BCUT2D eigenvalue weighted by Gasteiger charge is 2.10. The fourth-order valence-corrected chi connectivity index (χ4v) is 3.66. The Morgan fingerprint density at radius 1 is 1.29 bits per heavy atom. The highest BCUT2D eigenvalue weighted by atomic mass is 32.1. The first-order valence-electron chi connectivity index (χ1n) is 10.0. The number of primary amides is 1. The maximum absolute atomic E-state index is 10.7. The van der Waals surface area contributed by atoms with Crippen molar-refractivity contribution in [1.82, 2.24) is 15.0 Å². The molecule has 7 heteroatoms. The average Bonchev–Trinajstić information content (AvgIpc) is 3.21. The molecule has 0 aliphatic carbocycles. The summed E-state index contributed by atoms with van der Waals surface area (Å²) in [6, 6.07) is 3.26. The van der Waals surface area contributed by atoms with Crippen LogP contribution in [0, 0.1) is 6.92 Å². The number of aryl methyl sites for hydroxylation is 1. The van der Waals surface area contributed by atoms with Crippen LogP contribution >= 0.6 is 11.3 Å². The zero-order valence-corrected chi connectivity index (χ0v) is 19.0. The first-order valence-corrected chi connectivity index (χ1v) is 10.9. The predicted octanol–water partition coefficient (Wildman–Crippen LogP) is 5.50. The molecular formula is C24H28N4O2S. The second-order valence-electron chi connectivity index (χ2n) is 6.57. The molecule has 1 amide bonds. The SMILES string of the molecule is C=C/C=C\C(=C/C)c1csc2ncnc(C)c12.CCCCOc1ccc(C(N)=O)nc1. The van der Waals surface area contributed by atoms with Crippen molar-refractivity contribution >= 4 is 33.0 Å². The largest absolute Gasteiger partial charge is 0.492 e. The van der Waals surface area contributed by atoms with Crippen LogP contribution in [0.25, 0.3) is 15.8 Å². The van der Waals surface area contributed by atoms with Gasteiger partial charge in [-0.3, -0.25) is 4.79 Å². The van der Waals surface area contributed by atoms with Gasteiger partial charge in [0.15, 0.2) is 0 Å². The van der Waals surface area contributed by atoms with Crippen LogP contribution in [0.1, 0.15) is 48.4 Å². The van der Waals surface area contributed by atoms with E-state index in [1.54, 1.807) is 35.9 Å². The number of unbranched alkanes of at least 4 members (excludes halogenated alkanes) is 1. The molecule has 0 aromatic carbocycles. The number of rotatable bonds is 8. The Kier molecular flexibility index (Phi) is 9.58. The van der Waals surface area contributed by atoms with Gasteiger partial charge >= 0.3 is 0 Å². The molecule has 0 aliphatic heterocycles. The lowest BCUT2D eigenvalue weighted by molar-refractivity contribution is 0.0995. The van der Waals surface area contributed by atoms with E-state index in [0.29, 0.717) is 12.4 Å². The van der Waals surface area contributed by atoms with Crippen molar-refractivity contribution in [1.29, 1.82) is 0 Å². The lowest BCUT2D eigenvalue weighted by Crippen LogP contribution is -2.12. The molecule has 0 radical (unpaired) electrons. The predicted molar refractivity (Wildman–Crippen MR) is 128 cm³/mol. The Hall–Kier alpha value is -3.32. The molecule has 0 saturated heterocycles. The summed E-state index contributed by atoms with van der Waals surface area (Å²) >= 11 is 1.65. The van der Waals surface area contributed by atoms with Crippen molar-refractivity contribution in [3.63, 3.8) is 0 Å². The molecule has 0 atom stereocenters. The molecule has 0 spiro atoms. The molecular weight excluding hydrogens is 408 g/mol. The van der Waals surface area contributed by atoms with Crippen LogP contribution in [0.2, 0.25) is 0 Å². The highest BCUT2D eigenvalue weighted by molar-refractivity contribution is 7.17. The molecule has 3 heterocycles. The second kappa shape index (κ2) is 12.4. The van der Waals surface area contributed by atoms with Gasteiger partial charge in [-0.25, -0.2) is 15.0 Å². The third-order valence-electron chi connectivity index (χ3n) is 4.35. The number of nitrogens with zero attached hydrogens (tertiary/aromatic N) is 3. The Balaban J connectivity index is 0.000000225. The number of nitrogens with two attached hydrogens (primary N) is 1. The Labute approximate surface area is 187 Å². The third-order valence-corrected chi connectivity index (χ3v) is 5.24. The molecule has 0 bridgehead atoms. The van der Waals surface area contributed by atoms with E-state index in [1.807, 2.05) is 19.9 Å². The minimum absolute atomic E-state index is 0.257. The minimum Gasteiger partial charge on any atom is -0.492 e. The number of ether oxygens (including phenoxy) is 1. The van der Waals surface area contributed by atoms with Gasteiger partial charge in [0.2, 0.25) is 0 Å². The number of allylic oxidation sites excluding steroid dienone is 5. The summed E-state index contributed by atoms with van der Waals surface area (Å²) in [7, 11) is 0. The van der Waals surface area contributed by atoms with Gasteiger partial charge in [0.1, 0.15) is 22.6 Å². The van der Waals surface area contributed by atoms with Crippen LogP contribution in [0.15, 0.2) is 60.9 Å². The van der Waals surface area contributed by atoms with Crippen LogP contribution in [0.3, 0.4) is 0 Å². The minimum atomic E-state index is -0.523. The first kappa shape index (κ1) is 24.0. The summed E-state index contributed by atoms with van der Waals surface area (Å²) in [6.07, 6.45) is 13.1. The number of carbonyl (C=O) groups is 1. The molecule has 2 N–H and O–H groups in total. The van der Waals surface area contributed by atoms with E-state index < -0.39 is 5.91 Å². The maximum atomic E-state index is 10.7. The zero-order chi connectivity index (χ0) is 22.6. The molecule has 31 heavy (non-hydrogen) atoms. The Morgan fingerprint density at radius 2 is 2.10 bits per heavy atom. The van der Waals surface area contributed by atoms with Crippen molar-refractivity contribution in [2.24, 2.45) is 5.73 Å². The lowest BCUT2D eigenvalue weighted by atomic mass is 10.0. The maximum Gasteiger partial charge on any atom is 0.267 e. The number of fused-ring (bicyclic) bond motifs is 1. The van der Waals surface area contributed by atoms with Gasteiger partial charge in [-0.05, 0) is 38.0 Å². The van der Waals surface area contributed by atoms with Gasteiger partial charge in [0, 0.05) is 22.0 Å². The zero-order valence-electron chi connectivity index (χ0n) is 18.2. The quantitative estimate of drug-likeness (QED) is 0.372. The van der Waals surface area contributed by atoms with E-state index in [9.17, 15) is 4.79 Å². The van der Waals surface area contributed by atoms with E-state index in [1.165, 1.54) is 17.3 Å². The lowest BCUT2D eigenvalue weighted by Gasteiger charge is -2.04. The van der Waals surface area contributed by atoms with Crippen LogP contribution in [0.4, 0.5) is 0 Å². The average molecular weight is 437 g/mol. The molecule has 0 aliphatic rings. The van der Waals surface area contributed by atoms with Gasteiger partial charge in [-0.1, -0.05) is 44.2 Å². The van der Waals surface area contributed by atoms with Gasteiger partial charge < -0.3 is 10.5 Å². The first-order chi connectivity index (χ1) is 15.0. The molecule has 3 aromatic heterocycles. The molecule has 3 aromatic rings. The van der Waals surface area contributed by atoms with Crippen LogP contribution in [0.5, 0.6) is 5.75 Å². The van der Waals surface area contributed by atoms with E-state index in [0.717, 1.165) is 28.8 Å². The Bertz CT molecular complexity index is 1070. The van der Waals surface area contributed by atoms with E-state index in [2.05, 4.69) is 46.0 Å². The van der Waals surface area contributed by atoms with Crippen molar-refractivity contribution in [2.75, 3.05) is 6.61 Å². The van der Waals surface area contributed by atoms with Gasteiger partial charge in [-0.15, -0.1) is 11.3 Å². The number of hydrogen-bond donors (Lipinski definition) is 1.